The molecular weight excluding hydrogens is 380 g/mol. The largest absolute Gasteiger partial charge is 0.454 e. The molecule has 3 rings (SSSR count). The predicted octanol–water partition coefficient (Wildman–Crippen LogP) is 1.48. The van der Waals surface area contributed by atoms with Crippen molar-refractivity contribution in [3.8, 4) is 11.5 Å². The summed E-state index contributed by atoms with van der Waals surface area (Å²) in [7, 11) is -1.07. The SMILES string of the molecule is CCNC(=NCC1CCN(S(C)(=O)=O)CC1)N(C)Cc1ccc2c(c1)OCO2. The summed E-state index contributed by atoms with van der Waals surface area (Å²) in [5, 5.41) is 3.34. The number of aliphatic imine (C=N–C) groups is 1. The fourth-order valence-electron chi connectivity index (χ4n) is 3.50. The zero-order chi connectivity index (χ0) is 20.1. The van der Waals surface area contributed by atoms with Crippen LogP contribution in [0.1, 0.15) is 25.3 Å². The van der Waals surface area contributed by atoms with Gasteiger partial charge in [-0.15, -0.1) is 0 Å². The van der Waals surface area contributed by atoms with Crippen LogP contribution < -0.4 is 14.8 Å². The maximum Gasteiger partial charge on any atom is 0.231 e. The Bertz CT molecular complexity index is 804. The minimum atomic E-state index is -3.08. The van der Waals surface area contributed by atoms with E-state index < -0.39 is 10.0 Å². The first-order valence-corrected chi connectivity index (χ1v) is 11.5. The number of hydrogen-bond acceptors (Lipinski definition) is 5. The molecule has 0 saturated carbocycles. The van der Waals surface area contributed by atoms with E-state index in [2.05, 4.69) is 17.1 Å². The number of piperidine rings is 1. The topological polar surface area (TPSA) is 83.5 Å². The minimum absolute atomic E-state index is 0.275. The lowest BCUT2D eigenvalue weighted by atomic mass is 9.98. The molecule has 2 aliphatic rings. The number of nitrogens with zero attached hydrogens (tertiary/aromatic N) is 3. The van der Waals surface area contributed by atoms with Crippen molar-refractivity contribution in [1.29, 1.82) is 0 Å². The van der Waals surface area contributed by atoms with E-state index in [1.165, 1.54) is 6.26 Å². The van der Waals surface area contributed by atoms with Gasteiger partial charge in [0.25, 0.3) is 0 Å². The third-order valence-corrected chi connectivity index (χ3v) is 6.40. The minimum Gasteiger partial charge on any atom is -0.454 e. The maximum absolute atomic E-state index is 11.6. The molecule has 0 aliphatic carbocycles. The van der Waals surface area contributed by atoms with Crippen LogP contribution in [-0.2, 0) is 16.6 Å². The number of ether oxygens (including phenoxy) is 2. The smallest absolute Gasteiger partial charge is 0.231 e. The molecule has 8 nitrogen and oxygen atoms in total. The third-order valence-electron chi connectivity index (χ3n) is 5.09. The first-order valence-electron chi connectivity index (χ1n) is 9.70. The summed E-state index contributed by atoms with van der Waals surface area (Å²) in [6, 6.07) is 5.98. The van der Waals surface area contributed by atoms with E-state index in [0.717, 1.165) is 42.4 Å². The molecule has 1 fully saturated rings. The molecule has 0 atom stereocenters. The molecule has 156 valence electrons. The summed E-state index contributed by atoms with van der Waals surface area (Å²) in [4.78, 5) is 6.89. The van der Waals surface area contributed by atoms with Crippen LogP contribution in [0.4, 0.5) is 0 Å². The van der Waals surface area contributed by atoms with Gasteiger partial charge in [-0.05, 0) is 43.4 Å². The Kier molecular flexibility index (Phi) is 6.66. The second-order valence-corrected chi connectivity index (χ2v) is 9.33. The molecule has 0 radical (unpaired) electrons. The van der Waals surface area contributed by atoms with Crippen LogP contribution in [0.5, 0.6) is 11.5 Å². The van der Waals surface area contributed by atoms with Crippen molar-refractivity contribution in [1.82, 2.24) is 14.5 Å². The highest BCUT2D eigenvalue weighted by Gasteiger charge is 2.25. The van der Waals surface area contributed by atoms with Crippen LogP contribution in [0, 0.1) is 5.92 Å². The van der Waals surface area contributed by atoms with E-state index in [1.54, 1.807) is 4.31 Å². The van der Waals surface area contributed by atoms with Crippen molar-refractivity contribution in [2.45, 2.75) is 26.3 Å². The van der Waals surface area contributed by atoms with Crippen molar-refractivity contribution in [3.05, 3.63) is 23.8 Å². The van der Waals surface area contributed by atoms with Gasteiger partial charge in [0.05, 0.1) is 6.26 Å². The Morgan fingerprint density at radius 3 is 2.68 bits per heavy atom. The van der Waals surface area contributed by atoms with Gasteiger partial charge >= 0.3 is 0 Å². The molecule has 0 spiro atoms. The number of fused-ring (bicyclic) bond motifs is 1. The number of sulfonamides is 1. The normalized spacial score (nSPS) is 18.3. The van der Waals surface area contributed by atoms with Crippen LogP contribution in [0.3, 0.4) is 0 Å². The number of benzene rings is 1. The zero-order valence-corrected chi connectivity index (χ0v) is 17.7. The highest BCUT2D eigenvalue weighted by Crippen LogP contribution is 2.32. The van der Waals surface area contributed by atoms with E-state index in [1.807, 2.05) is 25.2 Å². The molecule has 9 heteroatoms. The van der Waals surface area contributed by atoms with Crippen molar-refractivity contribution in [3.63, 3.8) is 0 Å². The van der Waals surface area contributed by atoms with Gasteiger partial charge in [0.15, 0.2) is 17.5 Å². The van der Waals surface area contributed by atoms with E-state index in [4.69, 9.17) is 14.5 Å². The molecule has 0 bridgehead atoms. The van der Waals surface area contributed by atoms with E-state index >= 15 is 0 Å². The van der Waals surface area contributed by atoms with Crippen molar-refractivity contribution in [2.24, 2.45) is 10.9 Å². The van der Waals surface area contributed by atoms with Gasteiger partial charge in [0.1, 0.15) is 0 Å². The van der Waals surface area contributed by atoms with Gasteiger partial charge in [-0.25, -0.2) is 12.7 Å². The van der Waals surface area contributed by atoms with Gasteiger partial charge in [0.2, 0.25) is 16.8 Å². The maximum atomic E-state index is 11.6. The van der Waals surface area contributed by atoms with E-state index in [9.17, 15) is 8.42 Å². The number of guanidine groups is 1. The summed E-state index contributed by atoms with van der Waals surface area (Å²) < 4.78 is 35.7. The third kappa shape index (κ3) is 5.29. The Balaban J connectivity index is 1.57. The summed E-state index contributed by atoms with van der Waals surface area (Å²) >= 11 is 0. The van der Waals surface area contributed by atoms with Gasteiger partial charge < -0.3 is 19.7 Å². The van der Waals surface area contributed by atoms with Crippen molar-refractivity contribution in [2.75, 3.05) is 46.3 Å². The van der Waals surface area contributed by atoms with Gasteiger partial charge in [0, 0.05) is 39.8 Å². The molecule has 0 unspecified atom stereocenters. The molecular formula is C19H30N4O4S. The van der Waals surface area contributed by atoms with Crippen molar-refractivity contribution >= 4 is 16.0 Å². The quantitative estimate of drug-likeness (QED) is 0.565. The summed E-state index contributed by atoms with van der Waals surface area (Å²) in [5.74, 6) is 2.83. The van der Waals surface area contributed by atoms with E-state index in [0.29, 0.717) is 32.1 Å². The molecule has 2 heterocycles. The molecule has 1 aromatic rings. The molecule has 0 amide bonds. The summed E-state index contributed by atoms with van der Waals surface area (Å²) in [6.07, 6.45) is 2.98. The van der Waals surface area contributed by atoms with Crippen LogP contribution in [0.25, 0.3) is 0 Å². The lowest BCUT2D eigenvalue weighted by Gasteiger charge is -2.30. The fraction of sp³-hybridized carbons (Fsp3) is 0.632. The Morgan fingerprint density at radius 1 is 1.29 bits per heavy atom. The summed E-state index contributed by atoms with van der Waals surface area (Å²) in [5.41, 5.74) is 1.12. The number of rotatable bonds is 6. The fourth-order valence-corrected chi connectivity index (χ4v) is 4.37. The van der Waals surface area contributed by atoms with E-state index in [-0.39, 0.29) is 6.79 Å². The average molecular weight is 411 g/mol. The predicted molar refractivity (Wildman–Crippen MR) is 109 cm³/mol. The molecule has 1 saturated heterocycles. The Hall–Kier alpha value is -2.00. The second-order valence-electron chi connectivity index (χ2n) is 7.34. The van der Waals surface area contributed by atoms with Gasteiger partial charge in [-0.3, -0.25) is 4.99 Å². The zero-order valence-electron chi connectivity index (χ0n) is 16.8. The molecule has 1 N–H and O–H groups in total. The van der Waals surface area contributed by atoms with Gasteiger partial charge in [-0.2, -0.15) is 0 Å². The Morgan fingerprint density at radius 2 is 2.00 bits per heavy atom. The number of hydrogen-bond donors (Lipinski definition) is 1. The highest BCUT2D eigenvalue weighted by molar-refractivity contribution is 7.88. The standard InChI is InChI=1S/C19H30N4O4S/c1-4-20-19(21-12-15-7-9-23(10-8-15)28(3,24)25)22(2)13-16-5-6-17-18(11-16)27-14-26-17/h5-6,11,15H,4,7-10,12-14H2,1-3H3,(H,20,21). The highest BCUT2D eigenvalue weighted by atomic mass is 32.2. The molecule has 28 heavy (non-hydrogen) atoms. The monoisotopic (exact) mass is 410 g/mol. The van der Waals surface area contributed by atoms with Crippen molar-refractivity contribution < 1.29 is 17.9 Å². The molecule has 2 aliphatic heterocycles. The number of nitrogens with one attached hydrogen (secondary N) is 1. The van der Waals surface area contributed by atoms with Gasteiger partial charge in [-0.1, -0.05) is 6.07 Å². The van der Waals surface area contributed by atoms with Crippen LogP contribution in [0.15, 0.2) is 23.2 Å². The lowest BCUT2D eigenvalue weighted by Crippen LogP contribution is -2.40. The lowest BCUT2D eigenvalue weighted by molar-refractivity contribution is 0.174. The second kappa shape index (κ2) is 9.00. The van der Waals surface area contributed by atoms with Crippen LogP contribution in [-0.4, -0.2) is 69.9 Å². The first-order chi connectivity index (χ1) is 13.4. The molecule has 1 aromatic carbocycles. The Labute approximate surface area is 167 Å². The first kappa shape index (κ1) is 20.7. The van der Waals surface area contributed by atoms with Crippen LogP contribution >= 0.6 is 0 Å². The average Bonchev–Trinajstić information content (AvgIpc) is 3.12. The molecule has 0 aromatic heterocycles. The summed E-state index contributed by atoms with van der Waals surface area (Å²) in [6.45, 7) is 5.69. The van der Waals surface area contributed by atoms with Crippen LogP contribution in [0.2, 0.25) is 0 Å².